The van der Waals surface area contributed by atoms with Gasteiger partial charge in [0.25, 0.3) is 5.69 Å². The molecule has 0 unspecified atom stereocenters. The van der Waals surface area contributed by atoms with E-state index in [0.29, 0.717) is 0 Å². The minimum atomic E-state index is -4.01. The lowest BCUT2D eigenvalue weighted by Gasteiger charge is -2.08. The SMILES string of the molecule is NS(=O)(=O)c1cccc([N+](=O)[O-])c1Cc1ccccc1. The third-order valence-corrected chi connectivity index (χ3v) is 3.83. The average molecular weight is 292 g/mol. The van der Waals surface area contributed by atoms with Crippen LogP contribution in [0.1, 0.15) is 11.1 Å². The summed E-state index contributed by atoms with van der Waals surface area (Å²) in [4.78, 5) is 10.2. The minimum absolute atomic E-state index is 0.103. The Kier molecular flexibility index (Phi) is 3.82. The first kappa shape index (κ1) is 14.2. The van der Waals surface area contributed by atoms with Crippen LogP contribution in [0.3, 0.4) is 0 Å². The maximum atomic E-state index is 11.6. The van der Waals surface area contributed by atoms with Crippen LogP contribution < -0.4 is 5.14 Å². The van der Waals surface area contributed by atoms with Crippen molar-refractivity contribution in [2.75, 3.05) is 0 Å². The standard InChI is InChI=1S/C13H12N2O4S/c14-20(18,19)13-8-4-7-12(15(16)17)11(13)9-10-5-2-1-3-6-10/h1-8H,9H2,(H2,14,18,19). The van der Waals surface area contributed by atoms with E-state index in [1.54, 1.807) is 24.3 Å². The molecule has 2 aromatic carbocycles. The Morgan fingerprint density at radius 2 is 1.70 bits per heavy atom. The number of nitrogens with two attached hydrogens (primary N) is 1. The fraction of sp³-hybridized carbons (Fsp3) is 0.0769. The van der Waals surface area contributed by atoms with E-state index in [0.717, 1.165) is 5.56 Å². The molecule has 0 radical (unpaired) electrons. The fourth-order valence-electron chi connectivity index (χ4n) is 1.97. The molecule has 0 aliphatic carbocycles. The van der Waals surface area contributed by atoms with Crippen LogP contribution in [-0.4, -0.2) is 13.3 Å². The van der Waals surface area contributed by atoms with Crippen LogP contribution >= 0.6 is 0 Å². The number of nitro benzene ring substituents is 1. The Morgan fingerprint density at radius 1 is 1.05 bits per heavy atom. The highest BCUT2D eigenvalue weighted by Gasteiger charge is 2.23. The number of nitrogens with zero attached hydrogens (tertiary/aromatic N) is 1. The number of hydrogen-bond acceptors (Lipinski definition) is 4. The summed E-state index contributed by atoms with van der Waals surface area (Å²) in [5.74, 6) is 0. The van der Waals surface area contributed by atoms with Gasteiger partial charge < -0.3 is 0 Å². The molecule has 20 heavy (non-hydrogen) atoms. The van der Waals surface area contributed by atoms with Gasteiger partial charge >= 0.3 is 0 Å². The van der Waals surface area contributed by atoms with Crippen LogP contribution in [-0.2, 0) is 16.4 Å². The Bertz CT molecular complexity index is 742. The molecule has 0 aliphatic rings. The van der Waals surface area contributed by atoms with Crippen molar-refractivity contribution in [3.63, 3.8) is 0 Å². The third-order valence-electron chi connectivity index (χ3n) is 2.84. The fourth-order valence-corrected chi connectivity index (χ4v) is 2.76. The molecule has 0 bridgehead atoms. The van der Waals surface area contributed by atoms with Crippen molar-refractivity contribution in [2.45, 2.75) is 11.3 Å². The van der Waals surface area contributed by atoms with E-state index in [1.165, 1.54) is 18.2 Å². The molecule has 0 saturated heterocycles. The number of sulfonamides is 1. The predicted octanol–water partition coefficient (Wildman–Crippen LogP) is 1.83. The normalized spacial score (nSPS) is 11.2. The topological polar surface area (TPSA) is 103 Å². The van der Waals surface area contributed by atoms with Gasteiger partial charge in [-0.1, -0.05) is 36.4 Å². The molecule has 2 aromatic rings. The second kappa shape index (κ2) is 5.40. The first-order valence-corrected chi connectivity index (χ1v) is 7.27. The summed E-state index contributed by atoms with van der Waals surface area (Å²) in [5.41, 5.74) is 0.623. The maximum absolute atomic E-state index is 11.6. The van der Waals surface area contributed by atoms with Gasteiger partial charge in [-0.15, -0.1) is 0 Å². The molecule has 2 rings (SSSR count). The lowest BCUT2D eigenvalue weighted by Crippen LogP contribution is -2.15. The molecule has 0 fully saturated rings. The molecule has 0 aliphatic heterocycles. The summed E-state index contributed by atoms with van der Waals surface area (Å²) >= 11 is 0. The van der Waals surface area contributed by atoms with Crippen molar-refractivity contribution < 1.29 is 13.3 Å². The summed E-state index contributed by atoms with van der Waals surface area (Å²) in [6.45, 7) is 0. The number of nitro groups is 1. The average Bonchev–Trinajstić information content (AvgIpc) is 2.38. The third kappa shape index (κ3) is 3.01. The van der Waals surface area contributed by atoms with E-state index < -0.39 is 14.9 Å². The number of hydrogen-bond donors (Lipinski definition) is 1. The maximum Gasteiger partial charge on any atom is 0.274 e. The van der Waals surface area contributed by atoms with Crippen molar-refractivity contribution in [3.05, 3.63) is 69.8 Å². The lowest BCUT2D eigenvalue weighted by atomic mass is 10.0. The largest absolute Gasteiger partial charge is 0.274 e. The number of primary sulfonamides is 1. The molecule has 0 atom stereocenters. The Balaban J connectivity index is 2.62. The van der Waals surface area contributed by atoms with E-state index in [4.69, 9.17) is 5.14 Å². The highest BCUT2D eigenvalue weighted by Crippen LogP contribution is 2.27. The van der Waals surface area contributed by atoms with Crippen LogP contribution in [0.5, 0.6) is 0 Å². The quantitative estimate of drug-likeness (QED) is 0.685. The van der Waals surface area contributed by atoms with Crippen molar-refractivity contribution in [1.29, 1.82) is 0 Å². The first-order chi connectivity index (χ1) is 9.39. The summed E-state index contributed by atoms with van der Waals surface area (Å²) < 4.78 is 23.1. The van der Waals surface area contributed by atoms with Gasteiger partial charge in [-0.05, 0) is 11.6 Å². The zero-order chi connectivity index (χ0) is 14.8. The predicted molar refractivity (Wildman–Crippen MR) is 73.7 cm³/mol. The van der Waals surface area contributed by atoms with E-state index in [1.807, 2.05) is 6.07 Å². The zero-order valence-corrected chi connectivity index (χ0v) is 11.2. The number of benzene rings is 2. The van der Waals surface area contributed by atoms with Gasteiger partial charge in [0.05, 0.1) is 15.4 Å². The van der Waals surface area contributed by atoms with E-state index in [2.05, 4.69) is 0 Å². The molecule has 0 amide bonds. The van der Waals surface area contributed by atoms with Gasteiger partial charge in [-0.2, -0.15) is 0 Å². The molecular weight excluding hydrogens is 280 g/mol. The smallest absolute Gasteiger partial charge is 0.258 e. The van der Waals surface area contributed by atoms with Crippen LogP contribution in [0.15, 0.2) is 53.4 Å². The first-order valence-electron chi connectivity index (χ1n) is 5.72. The zero-order valence-electron chi connectivity index (χ0n) is 10.4. The molecule has 104 valence electrons. The second-order valence-electron chi connectivity index (χ2n) is 4.22. The van der Waals surface area contributed by atoms with Crippen LogP contribution in [0.2, 0.25) is 0 Å². The second-order valence-corrected chi connectivity index (χ2v) is 5.75. The molecule has 0 spiro atoms. The highest BCUT2D eigenvalue weighted by molar-refractivity contribution is 7.89. The van der Waals surface area contributed by atoms with E-state index >= 15 is 0 Å². The van der Waals surface area contributed by atoms with Gasteiger partial charge in [-0.3, -0.25) is 10.1 Å². The van der Waals surface area contributed by atoms with Crippen LogP contribution in [0.25, 0.3) is 0 Å². The Morgan fingerprint density at radius 3 is 2.25 bits per heavy atom. The van der Waals surface area contributed by atoms with Gasteiger partial charge in [-0.25, -0.2) is 13.6 Å². The van der Waals surface area contributed by atoms with Crippen molar-refractivity contribution >= 4 is 15.7 Å². The van der Waals surface area contributed by atoms with Crippen molar-refractivity contribution in [3.8, 4) is 0 Å². The van der Waals surface area contributed by atoms with Gasteiger partial charge in [0.1, 0.15) is 0 Å². The monoisotopic (exact) mass is 292 g/mol. The summed E-state index contributed by atoms with van der Waals surface area (Å²) in [6.07, 6.45) is 0.129. The van der Waals surface area contributed by atoms with Gasteiger partial charge in [0.15, 0.2) is 0 Å². The molecule has 0 saturated carbocycles. The van der Waals surface area contributed by atoms with Crippen molar-refractivity contribution in [2.24, 2.45) is 5.14 Å². The number of rotatable bonds is 4. The summed E-state index contributed by atoms with van der Waals surface area (Å²) in [7, 11) is -4.01. The van der Waals surface area contributed by atoms with Gasteiger partial charge in [0.2, 0.25) is 10.0 Å². The van der Waals surface area contributed by atoms with Crippen LogP contribution in [0.4, 0.5) is 5.69 Å². The highest BCUT2D eigenvalue weighted by atomic mass is 32.2. The van der Waals surface area contributed by atoms with Gasteiger partial charge in [0, 0.05) is 12.5 Å². The summed E-state index contributed by atoms with van der Waals surface area (Å²) in [6, 6.07) is 12.8. The molecule has 2 N–H and O–H groups in total. The molecular formula is C13H12N2O4S. The summed E-state index contributed by atoms with van der Waals surface area (Å²) in [5, 5.41) is 16.2. The Labute approximate surface area is 116 Å². The molecule has 0 heterocycles. The minimum Gasteiger partial charge on any atom is -0.258 e. The molecule has 7 heteroatoms. The molecule has 0 aromatic heterocycles. The lowest BCUT2D eigenvalue weighted by molar-refractivity contribution is -0.385. The van der Waals surface area contributed by atoms with E-state index in [9.17, 15) is 18.5 Å². The molecule has 6 nitrogen and oxygen atoms in total. The van der Waals surface area contributed by atoms with Crippen molar-refractivity contribution in [1.82, 2.24) is 0 Å². The van der Waals surface area contributed by atoms with E-state index in [-0.39, 0.29) is 22.6 Å². The Hall–Kier alpha value is -2.25. The van der Waals surface area contributed by atoms with Crippen LogP contribution in [0, 0.1) is 10.1 Å².